The van der Waals surface area contributed by atoms with Gasteiger partial charge in [-0.05, 0) is 18.9 Å². The van der Waals surface area contributed by atoms with Crippen molar-refractivity contribution in [3.63, 3.8) is 0 Å². The van der Waals surface area contributed by atoms with Gasteiger partial charge in [-0.2, -0.15) is 0 Å². The van der Waals surface area contributed by atoms with E-state index in [2.05, 4.69) is 5.32 Å². The third-order valence-electron chi connectivity index (χ3n) is 4.82. The predicted molar refractivity (Wildman–Crippen MR) is 111 cm³/mol. The Morgan fingerprint density at radius 1 is 1.34 bits per heavy atom. The molecule has 2 heterocycles. The normalized spacial score (nSPS) is 22.7. The number of rotatable bonds is 9. The molecule has 3 N–H and O–H groups in total. The standard InChI is InChI=1S/C20H22N2O5S2/c1-3-13(23)15-17(25)22-16(19(26)27)20(29-18(15)22)28-10-9-14(24)21-11(2)12-7-5-4-6-8-12/h2,4-8,11,13,15,18,23H,3,9-10H2,1H3,(H,21,24)(H,26,27)/t11?,13-,15+,18+/m0/s1. The predicted octanol–water partition coefficient (Wildman–Crippen LogP) is 2.23. The SMILES string of the molecule is [CH]C(NC(=O)CCSC1=C(C(=O)O)N2C(=O)[C@@H]([C@@H](O)CC)[C@H]2S1)c1ccccc1. The number of aliphatic carboxylic acids is 1. The highest BCUT2D eigenvalue weighted by atomic mass is 32.2. The zero-order valence-corrected chi connectivity index (χ0v) is 17.4. The van der Waals surface area contributed by atoms with Crippen molar-refractivity contribution in [3.05, 3.63) is 52.8 Å². The van der Waals surface area contributed by atoms with E-state index in [0.717, 1.165) is 5.56 Å². The summed E-state index contributed by atoms with van der Waals surface area (Å²) in [4.78, 5) is 37.4. The van der Waals surface area contributed by atoms with E-state index in [1.54, 1.807) is 6.92 Å². The summed E-state index contributed by atoms with van der Waals surface area (Å²) in [7, 11) is 0. The van der Waals surface area contributed by atoms with Gasteiger partial charge in [0.2, 0.25) is 11.8 Å². The maximum atomic E-state index is 12.3. The number of carboxylic acid groups (broad SMARTS) is 1. The Hall–Kier alpha value is -1.97. The van der Waals surface area contributed by atoms with Crippen molar-refractivity contribution in [2.75, 3.05) is 5.75 Å². The average molecular weight is 435 g/mol. The monoisotopic (exact) mass is 434 g/mol. The van der Waals surface area contributed by atoms with E-state index >= 15 is 0 Å². The van der Waals surface area contributed by atoms with E-state index in [1.165, 1.54) is 28.4 Å². The highest BCUT2D eigenvalue weighted by molar-refractivity contribution is 8.22. The van der Waals surface area contributed by atoms with Gasteiger partial charge in [0.25, 0.3) is 0 Å². The fraction of sp³-hybridized carbons (Fsp3) is 0.400. The van der Waals surface area contributed by atoms with Crippen molar-refractivity contribution in [2.24, 2.45) is 5.92 Å². The molecule has 0 bridgehead atoms. The van der Waals surface area contributed by atoms with Crippen molar-refractivity contribution in [2.45, 2.75) is 37.3 Å². The topological polar surface area (TPSA) is 107 Å². The molecule has 0 saturated carbocycles. The van der Waals surface area contributed by atoms with Crippen molar-refractivity contribution >= 4 is 41.3 Å². The summed E-state index contributed by atoms with van der Waals surface area (Å²) in [5, 5.41) is 21.9. The van der Waals surface area contributed by atoms with E-state index in [0.29, 0.717) is 16.4 Å². The smallest absolute Gasteiger partial charge is 0.354 e. The molecule has 3 rings (SSSR count). The Morgan fingerprint density at radius 2 is 2.03 bits per heavy atom. The number of aliphatic hydroxyl groups excluding tert-OH is 1. The third-order valence-corrected chi connectivity index (χ3v) is 7.48. The number of thioether (sulfide) groups is 2. The first-order valence-corrected chi connectivity index (χ1v) is 11.1. The molecule has 1 aromatic carbocycles. The Bertz CT molecular complexity index is 829. The van der Waals surface area contributed by atoms with Crippen LogP contribution in [0, 0.1) is 12.8 Å². The van der Waals surface area contributed by atoms with Crippen LogP contribution in [0.15, 0.2) is 40.3 Å². The molecule has 2 aliphatic heterocycles. The number of carbonyl (C=O) groups is 3. The summed E-state index contributed by atoms with van der Waals surface area (Å²) in [6.45, 7) is 7.75. The molecule has 0 spiro atoms. The van der Waals surface area contributed by atoms with E-state index in [-0.39, 0.29) is 23.9 Å². The zero-order chi connectivity index (χ0) is 21.1. The van der Waals surface area contributed by atoms with Crippen LogP contribution in [0.4, 0.5) is 0 Å². The van der Waals surface area contributed by atoms with Crippen LogP contribution in [-0.2, 0) is 14.4 Å². The van der Waals surface area contributed by atoms with Crippen molar-refractivity contribution < 1.29 is 24.6 Å². The first kappa shape index (κ1) is 21.7. The summed E-state index contributed by atoms with van der Waals surface area (Å²) in [5.74, 6) is -2.03. The molecular formula is C20H22N2O5S2. The number of hydrogen-bond acceptors (Lipinski definition) is 6. The van der Waals surface area contributed by atoms with Crippen LogP contribution in [0.3, 0.4) is 0 Å². The molecule has 2 aliphatic rings. The first-order valence-electron chi connectivity index (χ1n) is 9.23. The Labute approximate surface area is 177 Å². The molecule has 2 radical (unpaired) electrons. The molecule has 9 heteroatoms. The molecule has 1 unspecified atom stereocenters. The lowest BCUT2D eigenvalue weighted by Gasteiger charge is -2.44. The molecule has 2 amide bonds. The molecule has 29 heavy (non-hydrogen) atoms. The van der Waals surface area contributed by atoms with Crippen LogP contribution < -0.4 is 5.32 Å². The maximum Gasteiger partial charge on any atom is 0.354 e. The minimum Gasteiger partial charge on any atom is -0.477 e. The van der Waals surface area contributed by atoms with Gasteiger partial charge >= 0.3 is 5.97 Å². The zero-order valence-electron chi connectivity index (χ0n) is 15.8. The van der Waals surface area contributed by atoms with Gasteiger partial charge in [0.1, 0.15) is 5.37 Å². The van der Waals surface area contributed by atoms with Crippen LogP contribution in [0.5, 0.6) is 0 Å². The second-order valence-electron chi connectivity index (χ2n) is 6.71. The quantitative estimate of drug-likeness (QED) is 0.512. The minimum atomic E-state index is -1.18. The van der Waals surface area contributed by atoms with E-state index in [9.17, 15) is 24.6 Å². The van der Waals surface area contributed by atoms with Gasteiger partial charge in [-0.1, -0.05) is 49.0 Å². The number of carboxylic acids is 1. The highest BCUT2D eigenvalue weighted by Crippen LogP contribution is 2.54. The largest absolute Gasteiger partial charge is 0.477 e. The fourth-order valence-corrected chi connectivity index (χ4v) is 6.13. The lowest BCUT2D eigenvalue weighted by molar-refractivity contribution is -0.157. The van der Waals surface area contributed by atoms with Crippen LogP contribution in [-0.4, -0.2) is 50.1 Å². The molecule has 154 valence electrons. The Balaban J connectivity index is 1.55. The molecule has 7 nitrogen and oxygen atoms in total. The van der Waals surface area contributed by atoms with Gasteiger partial charge in [0.05, 0.1) is 22.3 Å². The molecule has 1 aromatic rings. The van der Waals surface area contributed by atoms with Crippen molar-refractivity contribution in [3.8, 4) is 0 Å². The number of β-lactam (4-membered cyclic amide) rings is 1. The van der Waals surface area contributed by atoms with Gasteiger partial charge in [0, 0.05) is 12.2 Å². The average Bonchev–Trinajstić information content (AvgIpc) is 3.03. The van der Waals surface area contributed by atoms with E-state index in [1.807, 2.05) is 30.3 Å². The maximum absolute atomic E-state index is 12.3. The van der Waals surface area contributed by atoms with Gasteiger partial charge in [0.15, 0.2) is 5.70 Å². The number of fused-ring (bicyclic) bond motifs is 1. The van der Waals surface area contributed by atoms with Crippen LogP contribution in [0.25, 0.3) is 0 Å². The number of nitrogens with zero attached hydrogens (tertiary/aromatic N) is 1. The molecule has 4 atom stereocenters. The minimum absolute atomic E-state index is 0.0593. The summed E-state index contributed by atoms with van der Waals surface area (Å²) < 4.78 is 0.488. The van der Waals surface area contributed by atoms with E-state index in [4.69, 9.17) is 6.92 Å². The second-order valence-corrected chi connectivity index (χ2v) is 9.20. The van der Waals surface area contributed by atoms with Gasteiger partial charge in [-0.3, -0.25) is 14.5 Å². The van der Waals surface area contributed by atoms with Gasteiger partial charge in [-0.25, -0.2) is 4.79 Å². The molecule has 0 aromatic heterocycles. The number of amides is 2. The van der Waals surface area contributed by atoms with Crippen molar-refractivity contribution in [1.29, 1.82) is 0 Å². The Morgan fingerprint density at radius 3 is 2.66 bits per heavy atom. The highest BCUT2D eigenvalue weighted by Gasteiger charge is 2.58. The molecule has 1 saturated heterocycles. The third kappa shape index (κ3) is 4.46. The van der Waals surface area contributed by atoms with E-state index < -0.39 is 29.4 Å². The second kappa shape index (κ2) is 9.23. The van der Waals surface area contributed by atoms with Crippen LogP contribution >= 0.6 is 23.5 Å². The summed E-state index contributed by atoms with van der Waals surface area (Å²) in [5.41, 5.74) is 0.732. The number of aliphatic hydroxyl groups is 1. The van der Waals surface area contributed by atoms with Crippen molar-refractivity contribution in [1.82, 2.24) is 10.2 Å². The molecule has 1 fully saturated rings. The number of carbonyl (C=O) groups excluding carboxylic acids is 2. The fourth-order valence-electron chi connectivity index (χ4n) is 3.24. The van der Waals surface area contributed by atoms with Crippen LogP contribution in [0.1, 0.15) is 31.4 Å². The van der Waals surface area contributed by atoms with Gasteiger partial charge < -0.3 is 15.5 Å². The molecular weight excluding hydrogens is 412 g/mol. The summed E-state index contributed by atoms with van der Waals surface area (Å²) in [6, 6.07) is 8.56. The van der Waals surface area contributed by atoms with Crippen LogP contribution in [0.2, 0.25) is 0 Å². The summed E-state index contributed by atoms with van der Waals surface area (Å²) >= 11 is 2.49. The Kier molecular flexibility index (Phi) is 6.92. The number of benzene rings is 1. The molecule has 0 aliphatic carbocycles. The number of hydrogen-bond donors (Lipinski definition) is 3. The summed E-state index contributed by atoms with van der Waals surface area (Å²) in [6.07, 6.45) is -0.212. The van der Waals surface area contributed by atoms with Gasteiger partial charge in [-0.15, -0.1) is 11.8 Å². The number of nitrogens with one attached hydrogen (secondary N) is 1. The lowest BCUT2D eigenvalue weighted by atomic mass is 9.90. The lowest BCUT2D eigenvalue weighted by Crippen LogP contribution is -2.61. The first-order chi connectivity index (χ1) is 13.8.